The first-order valence-electron chi connectivity index (χ1n) is 3.74. The maximum absolute atomic E-state index is 12.3. The number of phenolic OH excluding ortho intramolecular Hbond substituents is 1. The molecule has 0 unspecified atom stereocenters. The van der Waals surface area contributed by atoms with Crippen LogP contribution in [0.4, 0.5) is 13.2 Å². The summed E-state index contributed by atoms with van der Waals surface area (Å²) in [7, 11) is 0. The molecule has 1 nitrogen and oxygen atoms in total. The van der Waals surface area contributed by atoms with Crippen molar-refractivity contribution in [2.75, 3.05) is 0 Å². The Kier molecular flexibility index (Phi) is 7.06. The van der Waals surface area contributed by atoms with Crippen molar-refractivity contribution in [3.8, 4) is 5.75 Å². The fourth-order valence-corrected chi connectivity index (χ4v) is 1.19. The predicted octanol–water partition coefficient (Wildman–Crippen LogP) is 2.42. The molecule has 0 aliphatic heterocycles. The molecule has 0 heterocycles. The predicted molar refractivity (Wildman–Crippen MR) is 48.3 cm³/mol. The van der Waals surface area contributed by atoms with Gasteiger partial charge in [0, 0.05) is 51.4 Å². The van der Waals surface area contributed by atoms with E-state index < -0.39 is 20.0 Å². The monoisotopic (exact) mass is 229 g/mol. The van der Waals surface area contributed by atoms with E-state index in [4.69, 9.17) is 5.11 Å². The van der Waals surface area contributed by atoms with Crippen LogP contribution in [0.1, 0.15) is 16.7 Å². The van der Waals surface area contributed by atoms with Gasteiger partial charge >= 0.3 is 0 Å². The largest absolute Gasteiger partial charge is 0.508 e. The SMILES string of the molecule is Oc1cc(CF)c(CF)c(CF)c1.[K]. The van der Waals surface area contributed by atoms with Crippen molar-refractivity contribution < 1.29 is 18.3 Å². The second kappa shape index (κ2) is 6.84. The number of hydrogen-bond acceptors (Lipinski definition) is 1. The summed E-state index contributed by atoms with van der Waals surface area (Å²) in [5.74, 6) is -0.238. The first-order chi connectivity index (χ1) is 6.22. The molecule has 0 atom stereocenters. The summed E-state index contributed by atoms with van der Waals surface area (Å²) in [5, 5.41) is 9.02. The van der Waals surface area contributed by atoms with Crippen LogP contribution in [0.25, 0.3) is 0 Å². The number of alkyl halides is 3. The summed E-state index contributed by atoms with van der Waals surface area (Å²) in [6.45, 7) is -2.72. The zero-order valence-electron chi connectivity index (χ0n) is 7.86. The number of rotatable bonds is 3. The van der Waals surface area contributed by atoms with Crippen molar-refractivity contribution in [1.82, 2.24) is 0 Å². The zero-order chi connectivity index (χ0) is 9.84. The minimum atomic E-state index is -0.918. The molecule has 0 aliphatic carbocycles. The molecule has 14 heavy (non-hydrogen) atoms. The smallest absolute Gasteiger partial charge is 0.116 e. The molecule has 0 amide bonds. The first kappa shape index (κ1) is 14.4. The molecule has 0 fully saturated rings. The topological polar surface area (TPSA) is 20.2 Å². The summed E-state index contributed by atoms with van der Waals surface area (Å²) in [4.78, 5) is 0. The van der Waals surface area contributed by atoms with Gasteiger partial charge in [-0.2, -0.15) is 0 Å². The van der Waals surface area contributed by atoms with Gasteiger partial charge in [-0.15, -0.1) is 0 Å². The molecule has 1 N–H and O–H groups in total. The van der Waals surface area contributed by atoms with Crippen molar-refractivity contribution in [2.24, 2.45) is 0 Å². The zero-order valence-corrected chi connectivity index (χ0v) is 11.0. The fourth-order valence-electron chi connectivity index (χ4n) is 1.19. The Morgan fingerprint density at radius 3 is 1.64 bits per heavy atom. The van der Waals surface area contributed by atoms with Crippen LogP contribution in [-0.2, 0) is 20.0 Å². The number of halogens is 3. The van der Waals surface area contributed by atoms with Gasteiger partial charge in [-0.25, -0.2) is 13.2 Å². The van der Waals surface area contributed by atoms with E-state index >= 15 is 0 Å². The molecule has 0 aromatic heterocycles. The second-order valence-electron chi connectivity index (χ2n) is 2.64. The van der Waals surface area contributed by atoms with Gasteiger partial charge in [0.2, 0.25) is 0 Å². The Labute approximate surface area is 123 Å². The van der Waals surface area contributed by atoms with Gasteiger partial charge in [-0.1, -0.05) is 0 Å². The molecule has 0 spiro atoms. The second-order valence-corrected chi connectivity index (χ2v) is 2.64. The van der Waals surface area contributed by atoms with E-state index in [1.165, 1.54) is 0 Å². The van der Waals surface area contributed by atoms with Gasteiger partial charge in [-0.05, 0) is 28.8 Å². The van der Waals surface area contributed by atoms with E-state index in [0.29, 0.717) is 0 Å². The first-order valence-corrected chi connectivity index (χ1v) is 3.74. The minimum Gasteiger partial charge on any atom is -0.508 e. The Morgan fingerprint density at radius 1 is 0.929 bits per heavy atom. The van der Waals surface area contributed by atoms with Crippen LogP contribution in [0, 0.1) is 0 Å². The van der Waals surface area contributed by atoms with Crippen LogP contribution in [-0.4, -0.2) is 56.5 Å². The third-order valence-corrected chi connectivity index (χ3v) is 1.84. The molecule has 0 bridgehead atoms. The summed E-state index contributed by atoms with van der Waals surface area (Å²) in [6, 6.07) is 2.21. The standard InChI is InChI=1S/C9H9F3O.K/c10-3-6-1-8(13)2-7(4-11)9(6)5-12;/h1-2,13H,3-5H2;. The van der Waals surface area contributed by atoms with Crippen LogP contribution in [0.3, 0.4) is 0 Å². The molecule has 5 heteroatoms. The van der Waals surface area contributed by atoms with Crippen molar-refractivity contribution in [1.29, 1.82) is 0 Å². The molecule has 1 radical (unpaired) electrons. The molecule has 0 aliphatic rings. The van der Waals surface area contributed by atoms with Crippen molar-refractivity contribution in [3.63, 3.8) is 0 Å². The van der Waals surface area contributed by atoms with Crippen molar-refractivity contribution in [2.45, 2.75) is 20.0 Å². The minimum absolute atomic E-state index is 0. The maximum atomic E-state index is 12.3. The summed E-state index contributed by atoms with van der Waals surface area (Å²) >= 11 is 0. The van der Waals surface area contributed by atoms with Crippen LogP contribution in [0.15, 0.2) is 12.1 Å². The average Bonchev–Trinajstić information content (AvgIpc) is 2.16. The van der Waals surface area contributed by atoms with Crippen molar-refractivity contribution >= 4 is 51.4 Å². The van der Waals surface area contributed by atoms with Gasteiger partial charge in [0.15, 0.2) is 0 Å². The summed E-state index contributed by atoms with van der Waals surface area (Å²) < 4.78 is 36.9. The van der Waals surface area contributed by atoms with Gasteiger partial charge in [0.1, 0.15) is 25.8 Å². The molecule has 0 saturated carbocycles. The average molecular weight is 229 g/mol. The van der Waals surface area contributed by atoms with Gasteiger partial charge in [0.05, 0.1) is 0 Å². The Morgan fingerprint density at radius 2 is 1.36 bits per heavy atom. The van der Waals surface area contributed by atoms with E-state index in [2.05, 4.69) is 0 Å². The van der Waals surface area contributed by atoms with E-state index in [1.54, 1.807) is 0 Å². The van der Waals surface area contributed by atoms with Crippen LogP contribution < -0.4 is 0 Å². The Hall–Kier alpha value is 0.446. The number of hydrogen-bond donors (Lipinski definition) is 1. The molecule has 1 aromatic carbocycles. The van der Waals surface area contributed by atoms with Gasteiger partial charge < -0.3 is 5.11 Å². The summed E-state index contributed by atoms with van der Waals surface area (Å²) in [5.41, 5.74) is 0.0214. The van der Waals surface area contributed by atoms with Gasteiger partial charge in [0.25, 0.3) is 0 Å². The van der Waals surface area contributed by atoms with E-state index in [-0.39, 0.29) is 73.8 Å². The quantitative estimate of drug-likeness (QED) is 0.789. The van der Waals surface area contributed by atoms with E-state index in [1.807, 2.05) is 0 Å². The third kappa shape index (κ3) is 3.24. The molecule has 0 saturated heterocycles. The molecule has 1 aromatic rings. The van der Waals surface area contributed by atoms with Gasteiger partial charge in [-0.3, -0.25) is 0 Å². The fraction of sp³-hybridized carbons (Fsp3) is 0.333. The van der Waals surface area contributed by atoms with E-state index in [0.717, 1.165) is 12.1 Å². The normalized spacial score (nSPS) is 9.64. The van der Waals surface area contributed by atoms with Crippen LogP contribution >= 0.6 is 0 Å². The van der Waals surface area contributed by atoms with E-state index in [9.17, 15) is 13.2 Å². The van der Waals surface area contributed by atoms with Crippen LogP contribution in [0.5, 0.6) is 5.75 Å². The molecular formula is C9H9F3KO. The third-order valence-electron chi connectivity index (χ3n) is 1.84. The van der Waals surface area contributed by atoms with Crippen LogP contribution in [0.2, 0.25) is 0 Å². The number of aromatic hydroxyl groups is 1. The maximum Gasteiger partial charge on any atom is 0.116 e. The number of benzene rings is 1. The Bertz CT molecular complexity index is 279. The molecule has 73 valence electrons. The van der Waals surface area contributed by atoms with Crippen molar-refractivity contribution in [3.05, 3.63) is 28.8 Å². The number of phenols is 1. The Balaban J connectivity index is 0.00000169. The molecular weight excluding hydrogens is 220 g/mol. The molecule has 1 rings (SSSR count). The summed E-state index contributed by atoms with van der Waals surface area (Å²) in [6.07, 6.45) is 0.